The molecule has 2 heterocycles. The number of nitrogens with two attached hydrogens (primary N) is 1. The molecule has 2 atom stereocenters. The Morgan fingerprint density at radius 3 is 2.42 bits per heavy atom. The van der Waals surface area contributed by atoms with E-state index in [0.29, 0.717) is 24.8 Å². The van der Waals surface area contributed by atoms with Crippen LogP contribution < -0.4 is 10.7 Å². The molecule has 0 spiro atoms. The summed E-state index contributed by atoms with van der Waals surface area (Å²) in [4.78, 5) is 5.73. The standard InChI is InChI=1S/C20H28F3N5O2S/c1-18(2)14-5-6-19(18,16(11-14)26-24)13-31(29,30)28-9-7-27(8-10-28)17-4-3-15(12-25-17)20(21,22)23/h3-4,12,14H,5-11,13,24H2,1-2H3/t14-,19+/m1/s1. The SMILES string of the molecule is CC1(C)[C@@H]2CC[C@]1(CS(=O)(=O)N1CCN(c3ccc(C(F)(F)F)cn3)CC1)C(=NN)C2. The van der Waals surface area contributed by atoms with Gasteiger partial charge in [0.05, 0.1) is 11.3 Å². The first-order chi connectivity index (χ1) is 14.4. The largest absolute Gasteiger partial charge is 0.417 e. The van der Waals surface area contributed by atoms with Crippen molar-refractivity contribution in [1.82, 2.24) is 9.29 Å². The molecule has 1 aromatic heterocycles. The van der Waals surface area contributed by atoms with Crippen LogP contribution in [0.25, 0.3) is 0 Å². The molecule has 4 rings (SSSR count). The first-order valence-corrected chi connectivity index (χ1v) is 12.0. The zero-order valence-corrected chi connectivity index (χ0v) is 18.5. The lowest BCUT2D eigenvalue weighted by atomic mass is 9.70. The fourth-order valence-electron chi connectivity index (χ4n) is 5.65. The van der Waals surface area contributed by atoms with E-state index in [9.17, 15) is 21.6 Å². The second-order valence-electron chi connectivity index (χ2n) is 9.36. The smallest absolute Gasteiger partial charge is 0.354 e. The Balaban J connectivity index is 1.45. The first-order valence-electron chi connectivity index (χ1n) is 10.4. The van der Waals surface area contributed by atoms with Gasteiger partial charge in [-0.25, -0.2) is 13.4 Å². The Labute approximate surface area is 180 Å². The molecular formula is C20H28F3N5O2S. The van der Waals surface area contributed by atoms with Crippen LogP contribution in [-0.4, -0.2) is 55.4 Å². The minimum atomic E-state index is -4.43. The number of nitrogens with zero attached hydrogens (tertiary/aromatic N) is 4. The van der Waals surface area contributed by atoms with Crippen LogP contribution >= 0.6 is 0 Å². The minimum Gasteiger partial charge on any atom is -0.354 e. The number of piperazine rings is 1. The first kappa shape index (κ1) is 22.3. The number of halogens is 3. The number of aromatic nitrogens is 1. The number of fused-ring (bicyclic) bond motifs is 2. The Morgan fingerprint density at radius 1 is 1.23 bits per heavy atom. The average Bonchev–Trinajstić information content (AvgIpc) is 3.07. The van der Waals surface area contributed by atoms with Gasteiger partial charge >= 0.3 is 6.18 Å². The molecule has 0 aromatic carbocycles. The maximum Gasteiger partial charge on any atom is 0.417 e. The van der Waals surface area contributed by atoms with E-state index in [1.165, 1.54) is 10.4 Å². The summed E-state index contributed by atoms with van der Waals surface area (Å²) in [5, 5.41) is 3.98. The number of pyridine rings is 1. The van der Waals surface area contributed by atoms with Gasteiger partial charge in [-0.15, -0.1) is 0 Å². The zero-order valence-electron chi connectivity index (χ0n) is 17.7. The molecule has 3 aliphatic rings. The lowest BCUT2D eigenvalue weighted by Crippen LogP contribution is -2.53. The Bertz CT molecular complexity index is 970. The normalized spacial score (nSPS) is 30.3. The third kappa shape index (κ3) is 3.59. The molecule has 1 aromatic rings. The van der Waals surface area contributed by atoms with E-state index < -0.39 is 27.2 Å². The van der Waals surface area contributed by atoms with E-state index in [1.54, 1.807) is 0 Å². The van der Waals surface area contributed by atoms with Gasteiger partial charge in [0.25, 0.3) is 0 Å². The maximum absolute atomic E-state index is 13.3. The molecule has 31 heavy (non-hydrogen) atoms. The van der Waals surface area contributed by atoms with Gasteiger partial charge < -0.3 is 10.7 Å². The molecule has 1 aliphatic heterocycles. The minimum absolute atomic E-state index is 0.00192. The molecule has 11 heteroatoms. The Morgan fingerprint density at radius 2 is 1.90 bits per heavy atom. The zero-order chi connectivity index (χ0) is 22.7. The van der Waals surface area contributed by atoms with Crippen molar-refractivity contribution in [2.45, 2.75) is 39.3 Å². The van der Waals surface area contributed by atoms with Gasteiger partial charge in [-0.05, 0) is 42.7 Å². The number of anilines is 1. The maximum atomic E-state index is 13.3. The summed E-state index contributed by atoms with van der Waals surface area (Å²) >= 11 is 0. The van der Waals surface area contributed by atoms with Crippen molar-refractivity contribution in [1.29, 1.82) is 0 Å². The van der Waals surface area contributed by atoms with Gasteiger partial charge in [0.2, 0.25) is 10.0 Å². The van der Waals surface area contributed by atoms with Crippen molar-refractivity contribution in [2.24, 2.45) is 27.7 Å². The fraction of sp³-hybridized carbons (Fsp3) is 0.700. The van der Waals surface area contributed by atoms with Crippen LogP contribution in [-0.2, 0) is 16.2 Å². The third-order valence-corrected chi connectivity index (χ3v) is 9.79. The quantitative estimate of drug-likeness (QED) is 0.552. The predicted octanol–water partition coefficient (Wildman–Crippen LogP) is 2.69. The van der Waals surface area contributed by atoms with Crippen LogP contribution in [0.2, 0.25) is 0 Å². The molecule has 3 fully saturated rings. The van der Waals surface area contributed by atoms with Crippen LogP contribution in [0, 0.1) is 16.7 Å². The van der Waals surface area contributed by atoms with E-state index in [-0.39, 0.29) is 24.3 Å². The molecule has 172 valence electrons. The van der Waals surface area contributed by atoms with E-state index in [0.717, 1.165) is 37.2 Å². The molecular weight excluding hydrogens is 431 g/mol. The van der Waals surface area contributed by atoms with E-state index in [1.807, 2.05) is 4.90 Å². The van der Waals surface area contributed by atoms with Gasteiger partial charge in [0, 0.05) is 43.5 Å². The number of alkyl halides is 3. The summed E-state index contributed by atoms with van der Waals surface area (Å²) in [5.74, 6) is 6.45. The lowest BCUT2D eigenvalue weighted by Gasteiger charge is -2.41. The molecule has 0 unspecified atom stereocenters. The number of sulfonamides is 1. The predicted molar refractivity (Wildman–Crippen MR) is 112 cm³/mol. The van der Waals surface area contributed by atoms with Crippen molar-refractivity contribution >= 4 is 21.6 Å². The lowest BCUT2D eigenvalue weighted by molar-refractivity contribution is -0.137. The van der Waals surface area contributed by atoms with Crippen molar-refractivity contribution in [3.05, 3.63) is 23.9 Å². The number of hydrogen-bond donors (Lipinski definition) is 1. The van der Waals surface area contributed by atoms with Gasteiger partial charge in [0.1, 0.15) is 5.82 Å². The molecule has 1 saturated heterocycles. The Kier molecular flexibility index (Phi) is 5.28. The number of rotatable bonds is 4. The molecule has 7 nitrogen and oxygen atoms in total. The molecule has 2 aliphatic carbocycles. The van der Waals surface area contributed by atoms with Crippen molar-refractivity contribution < 1.29 is 21.6 Å². The highest BCUT2D eigenvalue weighted by Gasteiger charge is 2.64. The van der Waals surface area contributed by atoms with Crippen LogP contribution in [0.4, 0.5) is 19.0 Å². The Hall–Kier alpha value is -1.88. The molecule has 0 amide bonds. The molecule has 0 radical (unpaired) electrons. The van der Waals surface area contributed by atoms with Crippen molar-refractivity contribution in [3.63, 3.8) is 0 Å². The number of hydrazone groups is 1. The number of hydrogen-bond acceptors (Lipinski definition) is 6. The van der Waals surface area contributed by atoms with Crippen LogP contribution in [0.5, 0.6) is 0 Å². The summed E-state index contributed by atoms with van der Waals surface area (Å²) in [5.41, 5.74) is -0.699. The summed E-state index contributed by atoms with van der Waals surface area (Å²) in [6.45, 7) is 5.50. The topological polar surface area (TPSA) is 91.9 Å². The van der Waals surface area contributed by atoms with E-state index in [2.05, 4.69) is 23.9 Å². The highest BCUT2D eigenvalue weighted by atomic mass is 32.2. The fourth-order valence-corrected chi connectivity index (χ4v) is 7.86. The summed E-state index contributed by atoms with van der Waals surface area (Å²) < 4.78 is 66.4. The molecule has 2 saturated carbocycles. The van der Waals surface area contributed by atoms with E-state index >= 15 is 0 Å². The summed E-state index contributed by atoms with van der Waals surface area (Å²) in [6, 6.07) is 2.33. The van der Waals surface area contributed by atoms with Crippen LogP contribution in [0.1, 0.15) is 38.7 Å². The highest BCUT2D eigenvalue weighted by molar-refractivity contribution is 7.89. The second-order valence-corrected chi connectivity index (χ2v) is 11.3. The van der Waals surface area contributed by atoms with Crippen molar-refractivity contribution in [2.75, 3.05) is 36.8 Å². The molecule has 2 bridgehead atoms. The van der Waals surface area contributed by atoms with Gasteiger partial charge in [0.15, 0.2) is 0 Å². The monoisotopic (exact) mass is 459 g/mol. The van der Waals surface area contributed by atoms with Crippen LogP contribution in [0.15, 0.2) is 23.4 Å². The molecule has 2 N–H and O–H groups in total. The highest BCUT2D eigenvalue weighted by Crippen LogP contribution is 2.64. The average molecular weight is 460 g/mol. The van der Waals surface area contributed by atoms with Gasteiger partial charge in [-0.1, -0.05) is 13.8 Å². The van der Waals surface area contributed by atoms with Gasteiger partial charge in [-0.2, -0.15) is 22.6 Å². The van der Waals surface area contributed by atoms with E-state index in [4.69, 9.17) is 5.84 Å². The van der Waals surface area contributed by atoms with Crippen molar-refractivity contribution in [3.8, 4) is 0 Å². The summed E-state index contributed by atoms with van der Waals surface area (Å²) in [7, 11) is -3.56. The third-order valence-electron chi connectivity index (χ3n) is 7.78. The second kappa shape index (κ2) is 7.33. The van der Waals surface area contributed by atoms with Gasteiger partial charge in [-0.3, -0.25) is 0 Å². The summed E-state index contributed by atoms with van der Waals surface area (Å²) in [6.07, 6.45) is -1.11. The van der Waals surface area contributed by atoms with Crippen LogP contribution in [0.3, 0.4) is 0 Å².